The van der Waals surface area contributed by atoms with Crippen molar-refractivity contribution in [1.82, 2.24) is 15.1 Å². The topological polar surface area (TPSA) is 93.4 Å². The lowest BCUT2D eigenvalue weighted by molar-refractivity contribution is -0.128. The summed E-state index contributed by atoms with van der Waals surface area (Å²) in [5.41, 5.74) is 0.842. The summed E-state index contributed by atoms with van der Waals surface area (Å²) in [6, 6.07) is 5.86. The Kier molecular flexibility index (Phi) is 6.39. The van der Waals surface area contributed by atoms with E-state index in [9.17, 15) is 17.6 Å². The molecule has 7 nitrogen and oxygen atoms in total. The number of carbonyl (C=O) groups excluding carboxylic acids is 1. The second-order valence-electron chi connectivity index (χ2n) is 6.96. The first-order valence-corrected chi connectivity index (χ1v) is 11.7. The third kappa shape index (κ3) is 5.32. The zero-order chi connectivity index (χ0) is 20.3. The summed E-state index contributed by atoms with van der Waals surface area (Å²) in [6.45, 7) is 1.87. The Labute approximate surface area is 167 Å². The Balaban J connectivity index is 1.50. The van der Waals surface area contributed by atoms with Crippen LogP contribution in [-0.2, 0) is 21.1 Å². The van der Waals surface area contributed by atoms with E-state index in [2.05, 4.69) is 10.2 Å². The molecule has 1 aromatic heterocycles. The molecule has 2 atom stereocenters. The number of aromatic nitrogens is 2. The van der Waals surface area contributed by atoms with Crippen molar-refractivity contribution in [3.8, 4) is 0 Å². The van der Waals surface area contributed by atoms with Gasteiger partial charge in [-0.25, -0.2) is 12.8 Å². The maximum absolute atomic E-state index is 13.0. The van der Waals surface area contributed by atoms with Crippen molar-refractivity contribution in [2.24, 2.45) is 5.92 Å². The summed E-state index contributed by atoms with van der Waals surface area (Å²) in [4.78, 5) is 14.0. The van der Waals surface area contributed by atoms with Crippen LogP contribution in [0.25, 0.3) is 0 Å². The van der Waals surface area contributed by atoms with Crippen LogP contribution in [-0.4, -0.2) is 53.7 Å². The van der Waals surface area contributed by atoms with Gasteiger partial charge in [0.1, 0.15) is 5.82 Å². The van der Waals surface area contributed by atoms with E-state index in [1.807, 2.05) is 6.92 Å². The van der Waals surface area contributed by atoms with Gasteiger partial charge in [-0.1, -0.05) is 23.9 Å². The van der Waals surface area contributed by atoms with Crippen LogP contribution in [0.15, 0.2) is 33.9 Å². The quantitative estimate of drug-likeness (QED) is 0.627. The summed E-state index contributed by atoms with van der Waals surface area (Å²) in [6.07, 6.45) is 1.04. The molecule has 3 rings (SSSR count). The highest BCUT2D eigenvalue weighted by Crippen LogP contribution is 2.25. The van der Waals surface area contributed by atoms with E-state index in [0.717, 1.165) is 17.3 Å². The Morgan fingerprint density at radius 1 is 1.36 bits per heavy atom. The summed E-state index contributed by atoms with van der Waals surface area (Å²) in [7, 11) is -1.25. The number of hydrogen-bond acceptors (Lipinski definition) is 7. The van der Waals surface area contributed by atoms with Gasteiger partial charge in [-0.05, 0) is 37.0 Å². The maximum atomic E-state index is 13.0. The number of amides is 1. The van der Waals surface area contributed by atoms with Crippen LogP contribution in [0.4, 0.5) is 4.39 Å². The normalized spacial score (nSPS) is 19.5. The van der Waals surface area contributed by atoms with Crippen LogP contribution in [0.3, 0.4) is 0 Å². The summed E-state index contributed by atoms with van der Waals surface area (Å²) < 4.78 is 41.6. The molecular weight excluding hydrogens is 405 g/mol. The minimum Gasteiger partial charge on any atom is -0.416 e. The number of benzene rings is 1. The smallest absolute Gasteiger partial charge is 0.277 e. The second-order valence-corrected chi connectivity index (χ2v) is 10.1. The van der Waals surface area contributed by atoms with Gasteiger partial charge in [0, 0.05) is 13.5 Å². The molecule has 10 heteroatoms. The third-order valence-corrected chi connectivity index (χ3v) is 7.52. The van der Waals surface area contributed by atoms with Crippen molar-refractivity contribution < 1.29 is 22.0 Å². The molecule has 0 saturated carbocycles. The Bertz CT molecular complexity index is 931. The van der Waals surface area contributed by atoms with Gasteiger partial charge in [0.15, 0.2) is 9.84 Å². The highest BCUT2D eigenvalue weighted by atomic mass is 32.2. The van der Waals surface area contributed by atoms with Gasteiger partial charge in [0.2, 0.25) is 11.8 Å². The lowest BCUT2D eigenvalue weighted by Crippen LogP contribution is -2.31. The molecule has 152 valence electrons. The van der Waals surface area contributed by atoms with Crippen LogP contribution < -0.4 is 0 Å². The standard InChI is InChI=1S/C18H22FN3O4S2/c1-12(14-3-5-15(19)6-4-14)22(2)17(23)10-27-18-21-20-16(26-18)9-13-7-8-28(24,25)11-13/h3-6,12-13H,7-11H2,1-2H3. The van der Waals surface area contributed by atoms with Crippen molar-refractivity contribution in [2.45, 2.75) is 31.0 Å². The molecule has 0 N–H and O–H groups in total. The van der Waals surface area contributed by atoms with Crippen molar-refractivity contribution in [2.75, 3.05) is 24.3 Å². The lowest BCUT2D eigenvalue weighted by atomic mass is 10.1. The molecule has 2 unspecified atom stereocenters. The molecule has 1 aromatic carbocycles. The van der Waals surface area contributed by atoms with Crippen LogP contribution >= 0.6 is 11.8 Å². The highest BCUT2D eigenvalue weighted by Gasteiger charge is 2.29. The van der Waals surface area contributed by atoms with Gasteiger partial charge in [-0.15, -0.1) is 10.2 Å². The van der Waals surface area contributed by atoms with Crippen LogP contribution in [0.1, 0.15) is 30.8 Å². The van der Waals surface area contributed by atoms with Crippen LogP contribution in [0, 0.1) is 11.7 Å². The number of rotatable bonds is 7. The van der Waals surface area contributed by atoms with E-state index in [4.69, 9.17) is 4.42 Å². The lowest BCUT2D eigenvalue weighted by Gasteiger charge is -2.25. The molecule has 1 aliphatic rings. The molecule has 0 bridgehead atoms. The first kappa shape index (κ1) is 20.8. The van der Waals surface area contributed by atoms with Gasteiger partial charge >= 0.3 is 0 Å². The number of sulfone groups is 1. The van der Waals surface area contributed by atoms with E-state index < -0.39 is 9.84 Å². The van der Waals surface area contributed by atoms with E-state index in [-0.39, 0.29) is 46.2 Å². The molecule has 1 amide bonds. The summed E-state index contributed by atoms with van der Waals surface area (Å²) in [5, 5.41) is 8.16. The molecule has 0 radical (unpaired) electrons. The summed E-state index contributed by atoms with van der Waals surface area (Å²) in [5.74, 6) is 0.453. The first-order chi connectivity index (χ1) is 13.2. The van der Waals surface area contributed by atoms with Crippen molar-refractivity contribution in [3.63, 3.8) is 0 Å². The van der Waals surface area contributed by atoms with Gasteiger partial charge < -0.3 is 9.32 Å². The predicted octanol–water partition coefficient (Wildman–Crippen LogP) is 2.50. The molecule has 1 saturated heterocycles. The SMILES string of the molecule is CC(c1ccc(F)cc1)N(C)C(=O)CSc1nnc(CC2CCS(=O)(=O)C2)o1. The minimum atomic E-state index is -2.94. The summed E-state index contributed by atoms with van der Waals surface area (Å²) >= 11 is 1.14. The number of thioether (sulfide) groups is 1. The fraction of sp³-hybridized carbons (Fsp3) is 0.500. The van der Waals surface area contributed by atoms with Crippen LogP contribution in [0.5, 0.6) is 0 Å². The van der Waals surface area contributed by atoms with Gasteiger partial charge in [-0.2, -0.15) is 0 Å². The fourth-order valence-corrected chi connectivity index (χ4v) is 5.63. The average molecular weight is 428 g/mol. The largest absolute Gasteiger partial charge is 0.416 e. The number of hydrogen-bond donors (Lipinski definition) is 0. The zero-order valence-electron chi connectivity index (χ0n) is 15.7. The first-order valence-electron chi connectivity index (χ1n) is 8.90. The molecular formula is C18H22FN3O4S2. The minimum absolute atomic E-state index is 0.00706. The molecule has 28 heavy (non-hydrogen) atoms. The molecule has 1 aliphatic heterocycles. The molecule has 1 fully saturated rings. The van der Waals surface area contributed by atoms with Crippen molar-refractivity contribution >= 4 is 27.5 Å². The van der Waals surface area contributed by atoms with Gasteiger partial charge in [0.05, 0.1) is 23.3 Å². The average Bonchev–Trinajstić information content (AvgIpc) is 3.25. The maximum Gasteiger partial charge on any atom is 0.277 e. The second kappa shape index (κ2) is 8.60. The van der Waals surface area contributed by atoms with Crippen molar-refractivity contribution in [3.05, 3.63) is 41.5 Å². The predicted molar refractivity (Wildman–Crippen MR) is 103 cm³/mol. The molecule has 2 aromatic rings. The van der Waals surface area contributed by atoms with E-state index in [0.29, 0.717) is 18.7 Å². The van der Waals surface area contributed by atoms with E-state index in [1.165, 1.54) is 12.1 Å². The van der Waals surface area contributed by atoms with E-state index >= 15 is 0 Å². The van der Waals surface area contributed by atoms with Crippen molar-refractivity contribution in [1.29, 1.82) is 0 Å². The fourth-order valence-electron chi connectivity index (χ4n) is 3.07. The third-order valence-electron chi connectivity index (χ3n) is 4.88. The Hall–Kier alpha value is -1.94. The number of carbonyl (C=O) groups is 1. The molecule has 0 aliphatic carbocycles. The van der Waals surface area contributed by atoms with Gasteiger partial charge in [0.25, 0.3) is 5.22 Å². The zero-order valence-corrected chi connectivity index (χ0v) is 17.3. The molecule has 0 spiro atoms. The Morgan fingerprint density at radius 3 is 2.71 bits per heavy atom. The molecule has 2 heterocycles. The highest BCUT2D eigenvalue weighted by molar-refractivity contribution is 7.99. The Morgan fingerprint density at radius 2 is 2.07 bits per heavy atom. The van der Waals surface area contributed by atoms with E-state index in [1.54, 1.807) is 24.1 Å². The monoisotopic (exact) mass is 427 g/mol. The number of nitrogens with zero attached hydrogens (tertiary/aromatic N) is 3. The number of halogens is 1. The van der Waals surface area contributed by atoms with Gasteiger partial charge in [-0.3, -0.25) is 4.79 Å². The van der Waals surface area contributed by atoms with Crippen LogP contribution in [0.2, 0.25) is 0 Å².